The quantitative estimate of drug-likeness (QED) is 0.742. The molecule has 0 amide bonds. The average molecular weight is 231 g/mol. The summed E-state index contributed by atoms with van der Waals surface area (Å²) in [6.45, 7) is 1.64. The van der Waals surface area contributed by atoms with Crippen molar-refractivity contribution in [3.63, 3.8) is 0 Å². The molecule has 1 aromatic heterocycles. The average Bonchev–Trinajstić information content (AvgIpc) is 2.78. The smallest absolute Gasteiger partial charge is 0.165 e. The number of hydrogen-bond acceptors (Lipinski definition) is 3. The molecule has 2 heterocycles. The molecule has 1 saturated heterocycles. The van der Waals surface area contributed by atoms with Crippen LogP contribution in [0.3, 0.4) is 0 Å². The second-order valence-electron chi connectivity index (χ2n) is 4.88. The Morgan fingerprint density at radius 2 is 2.00 bits per heavy atom. The van der Waals surface area contributed by atoms with Crippen LogP contribution in [0.2, 0.25) is 0 Å². The maximum absolute atomic E-state index is 9.15. The predicted molar refractivity (Wildman–Crippen MR) is 62.7 cm³/mol. The highest BCUT2D eigenvalue weighted by molar-refractivity contribution is 5.37. The van der Waals surface area contributed by atoms with Gasteiger partial charge in [0.25, 0.3) is 0 Å². The molecule has 0 aromatic carbocycles. The third-order valence-electron chi connectivity index (χ3n) is 3.85. The van der Waals surface area contributed by atoms with Crippen LogP contribution in [0.25, 0.3) is 0 Å². The lowest BCUT2D eigenvalue weighted by atomic mass is 9.95. The van der Waals surface area contributed by atoms with E-state index in [9.17, 15) is 0 Å². The van der Waals surface area contributed by atoms with E-state index in [1.165, 1.54) is 24.1 Å². The minimum Gasteiger partial charge on any atom is -0.381 e. The molecule has 3 rings (SSSR count). The fourth-order valence-corrected chi connectivity index (χ4v) is 2.95. The molecule has 4 nitrogen and oxygen atoms in total. The van der Waals surface area contributed by atoms with Crippen molar-refractivity contribution in [3.8, 4) is 6.07 Å². The first kappa shape index (κ1) is 10.8. The maximum Gasteiger partial charge on any atom is 0.165 e. The summed E-state index contributed by atoms with van der Waals surface area (Å²) in [5.74, 6) is 0. The van der Waals surface area contributed by atoms with Gasteiger partial charge in [-0.05, 0) is 38.5 Å². The summed E-state index contributed by atoms with van der Waals surface area (Å²) in [7, 11) is 0. The van der Waals surface area contributed by atoms with Crippen LogP contribution in [0.1, 0.15) is 48.7 Å². The maximum atomic E-state index is 9.15. The number of nitriles is 1. The van der Waals surface area contributed by atoms with E-state index in [1.54, 1.807) is 0 Å². The van der Waals surface area contributed by atoms with Gasteiger partial charge in [-0.3, -0.25) is 4.68 Å². The highest BCUT2D eigenvalue weighted by atomic mass is 16.5. The van der Waals surface area contributed by atoms with E-state index in [0.29, 0.717) is 11.7 Å². The van der Waals surface area contributed by atoms with Crippen molar-refractivity contribution in [2.45, 2.75) is 44.6 Å². The molecule has 0 bridgehead atoms. The van der Waals surface area contributed by atoms with Crippen LogP contribution >= 0.6 is 0 Å². The summed E-state index contributed by atoms with van der Waals surface area (Å²) in [5.41, 5.74) is 3.19. The normalized spacial score (nSPS) is 20.9. The van der Waals surface area contributed by atoms with E-state index in [4.69, 9.17) is 10.00 Å². The van der Waals surface area contributed by atoms with Gasteiger partial charge in [0, 0.05) is 24.5 Å². The van der Waals surface area contributed by atoms with Gasteiger partial charge in [-0.25, -0.2) is 0 Å². The third kappa shape index (κ3) is 1.85. The Hall–Kier alpha value is -1.34. The molecule has 0 N–H and O–H groups in total. The summed E-state index contributed by atoms with van der Waals surface area (Å²) in [6, 6.07) is 2.69. The Labute approximate surface area is 101 Å². The fraction of sp³-hybridized carbons (Fsp3) is 0.692. The van der Waals surface area contributed by atoms with E-state index in [2.05, 4.69) is 15.8 Å². The van der Waals surface area contributed by atoms with Crippen LogP contribution in [0.15, 0.2) is 0 Å². The first-order valence-electron chi connectivity index (χ1n) is 6.48. The summed E-state index contributed by atoms with van der Waals surface area (Å²) in [4.78, 5) is 0. The number of aromatic nitrogens is 2. The van der Waals surface area contributed by atoms with Crippen molar-refractivity contribution in [1.82, 2.24) is 9.78 Å². The van der Waals surface area contributed by atoms with Crippen molar-refractivity contribution >= 4 is 0 Å². The van der Waals surface area contributed by atoms with Crippen LogP contribution in [0.5, 0.6) is 0 Å². The zero-order valence-corrected chi connectivity index (χ0v) is 9.98. The van der Waals surface area contributed by atoms with Gasteiger partial charge >= 0.3 is 0 Å². The summed E-state index contributed by atoms with van der Waals surface area (Å²) in [5, 5.41) is 13.7. The Morgan fingerprint density at radius 3 is 2.76 bits per heavy atom. The lowest BCUT2D eigenvalue weighted by Gasteiger charge is -2.25. The molecule has 2 aliphatic rings. The fourth-order valence-electron chi connectivity index (χ4n) is 2.95. The minimum absolute atomic E-state index is 0.442. The molecule has 0 radical (unpaired) electrons. The van der Waals surface area contributed by atoms with Crippen LogP contribution in [0, 0.1) is 11.3 Å². The lowest BCUT2D eigenvalue weighted by Crippen LogP contribution is -2.22. The molecular weight excluding hydrogens is 214 g/mol. The van der Waals surface area contributed by atoms with Crippen LogP contribution < -0.4 is 0 Å². The van der Waals surface area contributed by atoms with E-state index < -0.39 is 0 Å². The monoisotopic (exact) mass is 231 g/mol. The van der Waals surface area contributed by atoms with E-state index >= 15 is 0 Å². The number of ether oxygens (including phenoxy) is 1. The second kappa shape index (κ2) is 4.50. The SMILES string of the molecule is N#Cc1nn(C2CCOCC2)c2c1CCCC2. The predicted octanol–water partition coefficient (Wildman–Crippen LogP) is 1.99. The van der Waals surface area contributed by atoms with Gasteiger partial charge in [0.1, 0.15) is 6.07 Å². The molecule has 0 spiro atoms. The molecule has 90 valence electrons. The first-order chi connectivity index (χ1) is 8.40. The van der Waals surface area contributed by atoms with E-state index in [0.717, 1.165) is 38.9 Å². The molecule has 1 aromatic rings. The van der Waals surface area contributed by atoms with Crippen LogP contribution in [-0.2, 0) is 17.6 Å². The zero-order valence-electron chi connectivity index (χ0n) is 9.98. The van der Waals surface area contributed by atoms with Crippen molar-refractivity contribution in [2.75, 3.05) is 13.2 Å². The third-order valence-corrected chi connectivity index (χ3v) is 3.85. The van der Waals surface area contributed by atoms with Crippen molar-refractivity contribution in [2.24, 2.45) is 0 Å². The molecule has 0 atom stereocenters. The van der Waals surface area contributed by atoms with Gasteiger partial charge in [-0.1, -0.05) is 0 Å². The molecule has 17 heavy (non-hydrogen) atoms. The first-order valence-corrected chi connectivity index (χ1v) is 6.48. The standard InChI is InChI=1S/C13H17N3O/c14-9-12-11-3-1-2-4-13(11)16(15-12)10-5-7-17-8-6-10/h10H,1-8H2. The molecule has 1 fully saturated rings. The van der Waals surface area contributed by atoms with Gasteiger partial charge in [0.15, 0.2) is 5.69 Å². The Bertz CT molecular complexity index is 452. The van der Waals surface area contributed by atoms with Crippen molar-refractivity contribution in [3.05, 3.63) is 17.0 Å². The highest BCUT2D eigenvalue weighted by Gasteiger charge is 2.25. The van der Waals surface area contributed by atoms with Gasteiger partial charge < -0.3 is 4.74 Å². The molecule has 0 unspecified atom stereocenters. The second-order valence-corrected chi connectivity index (χ2v) is 4.88. The van der Waals surface area contributed by atoms with Gasteiger partial charge in [-0.2, -0.15) is 10.4 Å². The largest absolute Gasteiger partial charge is 0.381 e. The van der Waals surface area contributed by atoms with Crippen molar-refractivity contribution < 1.29 is 4.74 Å². The molecule has 4 heteroatoms. The number of nitrogens with zero attached hydrogens (tertiary/aromatic N) is 3. The number of hydrogen-bond donors (Lipinski definition) is 0. The molecule has 0 saturated carbocycles. The van der Waals surface area contributed by atoms with Crippen LogP contribution in [0.4, 0.5) is 0 Å². The topological polar surface area (TPSA) is 50.8 Å². The Balaban J connectivity index is 1.98. The molecule has 1 aliphatic heterocycles. The van der Waals surface area contributed by atoms with E-state index in [-0.39, 0.29) is 0 Å². The molecule has 1 aliphatic carbocycles. The van der Waals surface area contributed by atoms with Gasteiger partial charge in [0.05, 0.1) is 6.04 Å². The molecular formula is C13H17N3O. The summed E-state index contributed by atoms with van der Waals surface area (Å²) >= 11 is 0. The Morgan fingerprint density at radius 1 is 1.24 bits per heavy atom. The minimum atomic E-state index is 0.442. The van der Waals surface area contributed by atoms with Crippen LogP contribution in [-0.4, -0.2) is 23.0 Å². The summed E-state index contributed by atoms with van der Waals surface area (Å²) < 4.78 is 7.53. The van der Waals surface area contributed by atoms with E-state index in [1.807, 2.05) is 0 Å². The number of fused-ring (bicyclic) bond motifs is 1. The summed E-state index contributed by atoms with van der Waals surface area (Å²) in [6.07, 6.45) is 6.59. The Kier molecular flexibility index (Phi) is 2.86. The number of rotatable bonds is 1. The highest BCUT2D eigenvalue weighted by Crippen LogP contribution is 2.29. The van der Waals surface area contributed by atoms with Gasteiger partial charge in [-0.15, -0.1) is 0 Å². The lowest BCUT2D eigenvalue weighted by molar-refractivity contribution is 0.0653. The van der Waals surface area contributed by atoms with Gasteiger partial charge in [0.2, 0.25) is 0 Å². The van der Waals surface area contributed by atoms with Crippen molar-refractivity contribution in [1.29, 1.82) is 5.26 Å². The zero-order chi connectivity index (χ0) is 11.7.